The maximum absolute atomic E-state index is 2.34. The van der Waals surface area contributed by atoms with E-state index >= 15 is 0 Å². The predicted molar refractivity (Wildman–Crippen MR) is 89.7 cm³/mol. The zero-order chi connectivity index (χ0) is 13.8. The number of thioether (sulfide) groups is 1. The van der Waals surface area contributed by atoms with Crippen molar-refractivity contribution < 1.29 is 0 Å². The van der Waals surface area contributed by atoms with Crippen molar-refractivity contribution in [2.45, 2.75) is 47.0 Å². The van der Waals surface area contributed by atoms with Gasteiger partial charge in [-0.1, -0.05) is 46.2 Å². The van der Waals surface area contributed by atoms with Gasteiger partial charge in [0.2, 0.25) is 0 Å². The van der Waals surface area contributed by atoms with E-state index < -0.39 is 0 Å². The molecule has 0 amide bonds. The molecular weight excluding hydrogens is 256 g/mol. The van der Waals surface area contributed by atoms with Gasteiger partial charge in [-0.15, -0.1) is 0 Å². The van der Waals surface area contributed by atoms with Crippen LogP contribution in [0.25, 0.3) is 0 Å². The average Bonchev–Trinajstić information content (AvgIpc) is 2.84. The zero-order valence-electron chi connectivity index (χ0n) is 12.7. The van der Waals surface area contributed by atoms with E-state index in [1.165, 1.54) is 25.0 Å². The van der Waals surface area contributed by atoms with Gasteiger partial charge in [-0.2, -0.15) is 23.1 Å². The lowest BCUT2D eigenvalue weighted by atomic mass is 9.92. The lowest BCUT2D eigenvalue weighted by molar-refractivity contribution is 0.386. The Balaban J connectivity index is 0.000000473. The van der Waals surface area contributed by atoms with Crippen LogP contribution in [0.3, 0.4) is 0 Å². The Kier molecular flexibility index (Phi) is 12.1. The van der Waals surface area contributed by atoms with Gasteiger partial charge in [0.1, 0.15) is 0 Å². The van der Waals surface area contributed by atoms with Gasteiger partial charge >= 0.3 is 0 Å². The van der Waals surface area contributed by atoms with Crippen LogP contribution < -0.4 is 0 Å². The fraction of sp³-hybridized carbons (Fsp3) is 0.750. The van der Waals surface area contributed by atoms with Gasteiger partial charge < -0.3 is 0 Å². The van der Waals surface area contributed by atoms with E-state index in [9.17, 15) is 0 Å². The van der Waals surface area contributed by atoms with E-state index in [-0.39, 0.29) is 0 Å². The summed E-state index contributed by atoms with van der Waals surface area (Å²) in [7, 11) is 0. The molecule has 2 heteroatoms. The third-order valence-electron chi connectivity index (χ3n) is 2.78. The van der Waals surface area contributed by atoms with Gasteiger partial charge in [0.25, 0.3) is 0 Å². The van der Waals surface area contributed by atoms with Crippen LogP contribution in [-0.2, 0) is 0 Å². The molecule has 1 heterocycles. The zero-order valence-corrected chi connectivity index (χ0v) is 14.3. The smallest absolute Gasteiger partial charge is 0.00418 e. The van der Waals surface area contributed by atoms with Crippen molar-refractivity contribution in [3.05, 3.63) is 22.9 Å². The van der Waals surface area contributed by atoms with Crippen molar-refractivity contribution in [1.29, 1.82) is 0 Å². The maximum Gasteiger partial charge on any atom is -0.00418 e. The quantitative estimate of drug-likeness (QED) is 0.575. The van der Waals surface area contributed by atoms with E-state index in [0.29, 0.717) is 0 Å². The van der Waals surface area contributed by atoms with Crippen LogP contribution in [0.4, 0.5) is 0 Å². The molecule has 0 saturated heterocycles. The Bertz CT molecular complexity index is 222. The van der Waals surface area contributed by atoms with Crippen molar-refractivity contribution in [2.75, 3.05) is 12.0 Å². The molecule has 1 aromatic rings. The molecule has 0 N–H and O–H groups in total. The monoisotopic (exact) mass is 286 g/mol. The van der Waals surface area contributed by atoms with Gasteiger partial charge in [-0.3, -0.25) is 0 Å². The van der Waals surface area contributed by atoms with Crippen LogP contribution in [-0.4, -0.2) is 12.0 Å². The molecule has 0 saturated carbocycles. The van der Waals surface area contributed by atoms with Crippen molar-refractivity contribution in [3.8, 4) is 0 Å². The first kappa shape index (κ1) is 18.0. The fourth-order valence-corrected chi connectivity index (χ4v) is 3.20. The molecule has 0 aliphatic carbocycles. The molecule has 1 aromatic heterocycles. The molecule has 0 aromatic carbocycles. The summed E-state index contributed by atoms with van der Waals surface area (Å²) in [6, 6.07) is 4.04. The largest absolute Gasteiger partial charge is 0.165 e. The second kappa shape index (κ2) is 12.1. The average molecular weight is 287 g/mol. The van der Waals surface area contributed by atoms with Crippen LogP contribution in [0, 0.1) is 17.8 Å². The molecule has 0 bridgehead atoms. The van der Waals surface area contributed by atoms with E-state index in [2.05, 4.69) is 34.0 Å². The minimum atomic E-state index is 0.865. The Morgan fingerprint density at radius 1 is 0.944 bits per heavy atom. The molecule has 18 heavy (non-hydrogen) atoms. The highest BCUT2D eigenvalue weighted by Crippen LogP contribution is 2.22. The second-order valence-electron chi connectivity index (χ2n) is 5.72. The molecule has 0 fully saturated rings. The summed E-state index contributed by atoms with van der Waals surface area (Å²) >= 11 is 3.72. The first-order chi connectivity index (χ1) is 8.56. The molecular formula is C16H30S2. The minimum Gasteiger partial charge on any atom is -0.165 e. The number of hydrogen-bond acceptors (Lipinski definition) is 2. The summed E-state index contributed by atoms with van der Waals surface area (Å²) in [6.07, 6.45) is 6.46. The van der Waals surface area contributed by atoms with E-state index in [0.717, 1.165) is 17.8 Å². The Hall–Kier alpha value is 0.0500. The number of hydrogen-bond donors (Lipinski definition) is 0. The van der Waals surface area contributed by atoms with E-state index in [4.69, 9.17) is 0 Å². The number of thiophene rings is 1. The molecule has 106 valence electrons. The van der Waals surface area contributed by atoms with Crippen molar-refractivity contribution in [1.82, 2.24) is 0 Å². The third kappa shape index (κ3) is 12.5. The standard InChI is InChI=1S/C12H26S.C4H4S/c1-10(2)6-7-12(9-13-5)8-11(3)4;1-2-4-5-3-1/h10-12H,6-9H2,1-5H3;1-4H. The molecule has 0 aliphatic rings. The third-order valence-corrected chi connectivity index (χ3v) is 4.22. The SMILES string of the molecule is CSCC(CCC(C)C)CC(C)C.c1ccsc1. The second-order valence-corrected chi connectivity index (χ2v) is 7.44. The highest BCUT2D eigenvalue weighted by molar-refractivity contribution is 7.98. The Morgan fingerprint density at radius 3 is 1.89 bits per heavy atom. The summed E-state index contributed by atoms with van der Waals surface area (Å²) in [6.45, 7) is 9.32. The first-order valence-electron chi connectivity index (χ1n) is 7.02. The van der Waals surface area contributed by atoms with Gasteiger partial charge in [0, 0.05) is 0 Å². The van der Waals surface area contributed by atoms with Gasteiger partial charge in [0.05, 0.1) is 0 Å². The maximum atomic E-state index is 2.34. The number of rotatable bonds is 7. The van der Waals surface area contributed by atoms with Crippen molar-refractivity contribution in [3.63, 3.8) is 0 Å². The Morgan fingerprint density at radius 2 is 1.56 bits per heavy atom. The summed E-state index contributed by atoms with van der Waals surface area (Å²) < 4.78 is 0. The highest BCUT2D eigenvalue weighted by atomic mass is 32.2. The van der Waals surface area contributed by atoms with E-state index in [1.54, 1.807) is 11.3 Å². The molecule has 0 radical (unpaired) electrons. The first-order valence-corrected chi connectivity index (χ1v) is 9.36. The van der Waals surface area contributed by atoms with Crippen LogP contribution in [0.5, 0.6) is 0 Å². The van der Waals surface area contributed by atoms with Crippen molar-refractivity contribution in [2.24, 2.45) is 17.8 Å². The van der Waals surface area contributed by atoms with Gasteiger partial charge in [-0.25, -0.2) is 0 Å². The molecule has 1 unspecified atom stereocenters. The van der Waals surface area contributed by atoms with Gasteiger partial charge in [-0.05, 0) is 53.4 Å². The molecule has 0 nitrogen and oxygen atoms in total. The molecule has 1 atom stereocenters. The fourth-order valence-electron chi connectivity index (χ4n) is 1.97. The summed E-state index contributed by atoms with van der Waals surface area (Å²) in [4.78, 5) is 0. The summed E-state index contributed by atoms with van der Waals surface area (Å²) in [5.41, 5.74) is 0. The van der Waals surface area contributed by atoms with Crippen LogP contribution in [0.15, 0.2) is 22.9 Å². The lowest BCUT2D eigenvalue weighted by Crippen LogP contribution is -2.08. The van der Waals surface area contributed by atoms with E-state index in [1.807, 2.05) is 34.7 Å². The topological polar surface area (TPSA) is 0 Å². The van der Waals surface area contributed by atoms with Crippen molar-refractivity contribution >= 4 is 23.1 Å². The lowest BCUT2D eigenvalue weighted by Gasteiger charge is -2.18. The summed E-state index contributed by atoms with van der Waals surface area (Å²) in [5.74, 6) is 4.04. The van der Waals surface area contributed by atoms with Crippen LogP contribution in [0.1, 0.15) is 47.0 Å². The summed E-state index contributed by atoms with van der Waals surface area (Å²) in [5, 5.41) is 4.08. The normalized spacial score (nSPS) is 12.4. The van der Waals surface area contributed by atoms with Gasteiger partial charge in [0.15, 0.2) is 0 Å². The molecule has 0 aliphatic heterocycles. The molecule has 0 spiro atoms. The van der Waals surface area contributed by atoms with Crippen LogP contribution in [0.2, 0.25) is 0 Å². The molecule has 1 rings (SSSR count). The minimum absolute atomic E-state index is 0.865. The van der Waals surface area contributed by atoms with Crippen LogP contribution >= 0.6 is 23.1 Å². The highest BCUT2D eigenvalue weighted by Gasteiger charge is 2.10. The Labute approximate surface area is 123 Å². The predicted octanol–water partition coefficient (Wildman–Crippen LogP) is 6.20.